The first-order valence-electron chi connectivity index (χ1n) is 8.42. The number of benzene rings is 2. The highest BCUT2D eigenvalue weighted by Crippen LogP contribution is 2.06. The molecule has 23 heavy (non-hydrogen) atoms. The number of nitrogens with one attached hydrogen (secondary N) is 1. The summed E-state index contributed by atoms with van der Waals surface area (Å²) in [6.07, 6.45) is 0.522. The lowest BCUT2D eigenvalue weighted by atomic mass is 10.1. The van der Waals surface area contributed by atoms with Gasteiger partial charge >= 0.3 is 0 Å². The maximum absolute atomic E-state index is 12.4. The van der Waals surface area contributed by atoms with Gasteiger partial charge in [-0.05, 0) is 18.1 Å². The first-order chi connectivity index (χ1) is 11.2. The Morgan fingerprint density at radius 1 is 1.00 bits per heavy atom. The molecule has 1 saturated heterocycles. The van der Waals surface area contributed by atoms with Crippen LogP contribution < -0.4 is 4.90 Å². The third-order valence-corrected chi connectivity index (χ3v) is 4.72. The topological polar surface area (TPSA) is 24.8 Å². The number of carbonyl (C=O) groups is 1. The van der Waals surface area contributed by atoms with Crippen molar-refractivity contribution < 1.29 is 9.69 Å². The Kier molecular flexibility index (Phi) is 5.09. The zero-order valence-corrected chi connectivity index (χ0v) is 13.8. The van der Waals surface area contributed by atoms with Gasteiger partial charge in [-0.3, -0.25) is 4.79 Å². The highest BCUT2D eigenvalue weighted by molar-refractivity contribution is 5.78. The van der Waals surface area contributed by atoms with E-state index in [0.717, 1.165) is 38.3 Å². The fourth-order valence-corrected chi connectivity index (χ4v) is 3.21. The van der Waals surface area contributed by atoms with Crippen molar-refractivity contribution in [2.45, 2.75) is 19.9 Å². The van der Waals surface area contributed by atoms with E-state index in [0.29, 0.717) is 6.42 Å². The fourth-order valence-electron chi connectivity index (χ4n) is 3.21. The van der Waals surface area contributed by atoms with Crippen molar-refractivity contribution in [3.63, 3.8) is 0 Å². The lowest BCUT2D eigenvalue weighted by Crippen LogP contribution is -3.13. The molecule has 1 aliphatic rings. The zero-order chi connectivity index (χ0) is 16.1. The van der Waals surface area contributed by atoms with E-state index in [1.165, 1.54) is 11.1 Å². The molecule has 0 spiro atoms. The monoisotopic (exact) mass is 309 g/mol. The van der Waals surface area contributed by atoms with Crippen LogP contribution in [-0.4, -0.2) is 37.0 Å². The second-order valence-electron chi connectivity index (χ2n) is 6.40. The SMILES string of the molecule is Cc1ccccc1C[NH+]1CCN(C(=O)Cc2ccccc2)CC1. The van der Waals surface area contributed by atoms with Crippen molar-refractivity contribution in [2.24, 2.45) is 0 Å². The Morgan fingerprint density at radius 3 is 2.35 bits per heavy atom. The van der Waals surface area contributed by atoms with Crippen molar-refractivity contribution in [3.8, 4) is 0 Å². The van der Waals surface area contributed by atoms with Crippen LogP contribution in [0.5, 0.6) is 0 Å². The quantitative estimate of drug-likeness (QED) is 0.909. The lowest BCUT2D eigenvalue weighted by Gasteiger charge is -2.32. The van der Waals surface area contributed by atoms with Gasteiger partial charge in [-0.25, -0.2) is 0 Å². The standard InChI is InChI=1S/C20H24N2O/c1-17-7-5-6-10-19(17)16-21-11-13-22(14-12-21)20(23)15-18-8-3-2-4-9-18/h2-10H,11-16H2,1H3/p+1. The van der Waals surface area contributed by atoms with E-state index in [9.17, 15) is 4.79 Å². The average molecular weight is 309 g/mol. The summed E-state index contributed by atoms with van der Waals surface area (Å²) in [5.41, 5.74) is 3.89. The molecule has 0 unspecified atom stereocenters. The Balaban J connectivity index is 1.50. The molecule has 3 nitrogen and oxygen atoms in total. The van der Waals surface area contributed by atoms with E-state index in [2.05, 4.69) is 31.2 Å². The maximum Gasteiger partial charge on any atom is 0.227 e. The second-order valence-corrected chi connectivity index (χ2v) is 6.40. The van der Waals surface area contributed by atoms with E-state index in [1.54, 1.807) is 4.90 Å². The summed E-state index contributed by atoms with van der Waals surface area (Å²) >= 11 is 0. The van der Waals surface area contributed by atoms with Crippen molar-refractivity contribution in [3.05, 3.63) is 71.3 Å². The minimum Gasteiger partial charge on any atom is -0.331 e. The molecule has 120 valence electrons. The number of hydrogen-bond donors (Lipinski definition) is 1. The number of nitrogens with zero attached hydrogens (tertiary/aromatic N) is 1. The third kappa shape index (κ3) is 4.20. The number of hydrogen-bond acceptors (Lipinski definition) is 1. The summed E-state index contributed by atoms with van der Waals surface area (Å²) in [4.78, 5) is 16.0. The Hall–Kier alpha value is -2.13. The minimum atomic E-state index is 0.256. The third-order valence-electron chi connectivity index (χ3n) is 4.72. The van der Waals surface area contributed by atoms with Crippen molar-refractivity contribution in [1.82, 2.24) is 4.90 Å². The molecule has 0 atom stereocenters. The molecular formula is C20H25N2O+. The number of amides is 1. The zero-order valence-electron chi connectivity index (χ0n) is 13.8. The van der Waals surface area contributed by atoms with Crippen LogP contribution in [0.15, 0.2) is 54.6 Å². The maximum atomic E-state index is 12.4. The van der Waals surface area contributed by atoms with Gasteiger partial charge in [0.1, 0.15) is 6.54 Å². The molecule has 0 saturated carbocycles. The highest BCUT2D eigenvalue weighted by Gasteiger charge is 2.23. The van der Waals surface area contributed by atoms with Crippen LogP contribution in [0, 0.1) is 6.92 Å². The molecule has 0 bridgehead atoms. The minimum absolute atomic E-state index is 0.256. The van der Waals surface area contributed by atoms with Crippen LogP contribution in [-0.2, 0) is 17.8 Å². The van der Waals surface area contributed by atoms with E-state index >= 15 is 0 Å². The van der Waals surface area contributed by atoms with Crippen LogP contribution in [0.4, 0.5) is 0 Å². The fraction of sp³-hybridized carbons (Fsp3) is 0.350. The lowest BCUT2D eigenvalue weighted by molar-refractivity contribution is -0.917. The number of piperazine rings is 1. The van der Waals surface area contributed by atoms with Crippen molar-refractivity contribution in [1.29, 1.82) is 0 Å². The summed E-state index contributed by atoms with van der Waals surface area (Å²) in [6, 6.07) is 18.6. The van der Waals surface area contributed by atoms with Crippen LogP contribution in [0.1, 0.15) is 16.7 Å². The van der Waals surface area contributed by atoms with Crippen LogP contribution in [0.3, 0.4) is 0 Å². The van der Waals surface area contributed by atoms with Gasteiger partial charge in [-0.15, -0.1) is 0 Å². The molecule has 1 fully saturated rings. The smallest absolute Gasteiger partial charge is 0.227 e. The first-order valence-corrected chi connectivity index (χ1v) is 8.42. The molecule has 1 N–H and O–H groups in total. The predicted molar refractivity (Wildman–Crippen MR) is 92.3 cm³/mol. The van der Waals surface area contributed by atoms with Crippen LogP contribution >= 0.6 is 0 Å². The summed E-state index contributed by atoms with van der Waals surface area (Å²) < 4.78 is 0. The number of rotatable bonds is 4. The highest BCUT2D eigenvalue weighted by atomic mass is 16.2. The molecule has 2 aromatic rings. The summed E-state index contributed by atoms with van der Waals surface area (Å²) in [5.74, 6) is 0.256. The van der Waals surface area contributed by atoms with Crippen LogP contribution in [0.2, 0.25) is 0 Å². The van der Waals surface area contributed by atoms with Gasteiger partial charge in [0.05, 0.1) is 32.6 Å². The van der Waals surface area contributed by atoms with E-state index in [4.69, 9.17) is 0 Å². The van der Waals surface area contributed by atoms with E-state index < -0.39 is 0 Å². The summed E-state index contributed by atoms with van der Waals surface area (Å²) in [6.45, 7) is 7.05. The molecule has 3 rings (SSSR count). The van der Waals surface area contributed by atoms with E-state index in [-0.39, 0.29) is 5.91 Å². The normalized spacial score (nSPS) is 15.6. The van der Waals surface area contributed by atoms with Crippen molar-refractivity contribution in [2.75, 3.05) is 26.2 Å². The van der Waals surface area contributed by atoms with Gasteiger partial charge in [-0.1, -0.05) is 54.6 Å². The Morgan fingerprint density at radius 2 is 1.65 bits per heavy atom. The Bertz CT molecular complexity index is 646. The summed E-state index contributed by atoms with van der Waals surface area (Å²) in [7, 11) is 0. The van der Waals surface area contributed by atoms with E-state index in [1.807, 2.05) is 35.2 Å². The number of carbonyl (C=O) groups excluding carboxylic acids is 1. The Labute approximate surface area is 138 Å². The molecule has 1 aliphatic heterocycles. The number of quaternary nitrogens is 1. The molecular weight excluding hydrogens is 284 g/mol. The molecule has 0 aromatic heterocycles. The predicted octanol–water partition coefficient (Wildman–Crippen LogP) is 1.46. The van der Waals surface area contributed by atoms with Crippen LogP contribution in [0.25, 0.3) is 0 Å². The summed E-state index contributed by atoms with van der Waals surface area (Å²) in [5, 5.41) is 0. The average Bonchev–Trinajstić information content (AvgIpc) is 2.58. The molecule has 0 aliphatic carbocycles. The van der Waals surface area contributed by atoms with Crippen molar-refractivity contribution >= 4 is 5.91 Å². The molecule has 1 heterocycles. The first kappa shape index (κ1) is 15.8. The van der Waals surface area contributed by atoms with Gasteiger partial charge < -0.3 is 9.80 Å². The van der Waals surface area contributed by atoms with Gasteiger partial charge in [0, 0.05) is 5.56 Å². The number of aryl methyl sites for hydroxylation is 1. The van der Waals surface area contributed by atoms with Gasteiger partial charge in [0.2, 0.25) is 5.91 Å². The second kappa shape index (κ2) is 7.42. The van der Waals surface area contributed by atoms with Gasteiger partial charge in [0.15, 0.2) is 0 Å². The molecule has 0 radical (unpaired) electrons. The van der Waals surface area contributed by atoms with Gasteiger partial charge in [-0.2, -0.15) is 0 Å². The van der Waals surface area contributed by atoms with Gasteiger partial charge in [0.25, 0.3) is 0 Å². The molecule has 2 aromatic carbocycles. The largest absolute Gasteiger partial charge is 0.331 e. The molecule has 1 amide bonds. The molecule has 3 heteroatoms.